The number of aldehydes is 1. The minimum Gasteiger partial charge on any atom is -0.298 e. The van der Waals surface area contributed by atoms with Crippen LogP contribution in [0.15, 0.2) is 6.33 Å². The number of aromatic nitrogens is 2. The summed E-state index contributed by atoms with van der Waals surface area (Å²) in [5, 5.41) is 0.157. The first-order valence-electron chi connectivity index (χ1n) is 2.70. The van der Waals surface area contributed by atoms with Crippen LogP contribution in [0.3, 0.4) is 0 Å². The van der Waals surface area contributed by atoms with Crippen molar-refractivity contribution >= 4 is 29.5 Å². The van der Waals surface area contributed by atoms with Crippen molar-refractivity contribution in [3.63, 3.8) is 0 Å². The van der Waals surface area contributed by atoms with Gasteiger partial charge in [0.15, 0.2) is 6.29 Å². The Bertz CT molecular complexity index is 247. The molecule has 0 aliphatic rings. The molecule has 0 amide bonds. The van der Waals surface area contributed by atoms with Crippen LogP contribution in [0.1, 0.15) is 10.4 Å². The van der Waals surface area contributed by atoms with Crippen molar-refractivity contribution in [3.05, 3.63) is 22.2 Å². The Labute approximate surface area is 78.7 Å². The van der Waals surface area contributed by atoms with Gasteiger partial charge in [-0.3, -0.25) is 16.5 Å². The van der Waals surface area contributed by atoms with Gasteiger partial charge in [0.25, 0.3) is 0 Å². The SMILES string of the molecule is NN.O=Cc1c(Cl)ncnc1Cl. The Morgan fingerprint density at radius 2 is 1.67 bits per heavy atom. The molecule has 4 N–H and O–H groups in total. The first-order valence-corrected chi connectivity index (χ1v) is 3.46. The Hall–Kier alpha value is -0.750. The zero-order valence-corrected chi connectivity index (χ0v) is 7.38. The highest BCUT2D eigenvalue weighted by molar-refractivity contribution is 6.36. The molecule has 0 aliphatic heterocycles. The molecular formula is C5H6Cl2N4O. The van der Waals surface area contributed by atoms with Gasteiger partial charge in [0.2, 0.25) is 0 Å². The monoisotopic (exact) mass is 208 g/mol. The van der Waals surface area contributed by atoms with Crippen molar-refractivity contribution in [2.45, 2.75) is 0 Å². The van der Waals surface area contributed by atoms with E-state index in [2.05, 4.69) is 21.7 Å². The van der Waals surface area contributed by atoms with Gasteiger partial charge in [-0.1, -0.05) is 23.2 Å². The van der Waals surface area contributed by atoms with Crippen molar-refractivity contribution < 1.29 is 4.79 Å². The van der Waals surface area contributed by atoms with Crippen LogP contribution in [0.5, 0.6) is 0 Å². The predicted molar refractivity (Wildman–Crippen MR) is 45.8 cm³/mol. The normalized spacial score (nSPS) is 8.33. The van der Waals surface area contributed by atoms with Crippen LogP contribution in [0, 0.1) is 0 Å². The number of hydrogen-bond acceptors (Lipinski definition) is 5. The van der Waals surface area contributed by atoms with Crippen LogP contribution in [0.2, 0.25) is 10.3 Å². The second-order valence-electron chi connectivity index (χ2n) is 1.49. The molecule has 0 spiro atoms. The summed E-state index contributed by atoms with van der Waals surface area (Å²) in [5.41, 5.74) is 0.130. The molecule has 5 nitrogen and oxygen atoms in total. The third-order valence-corrected chi connectivity index (χ3v) is 1.51. The second kappa shape index (κ2) is 5.84. The highest BCUT2D eigenvalue weighted by Crippen LogP contribution is 2.16. The number of halogens is 2. The molecule has 0 aliphatic carbocycles. The van der Waals surface area contributed by atoms with E-state index in [4.69, 9.17) is 23.2 Å². The van der Waals surface area contributed by atoms with Crippen LogP contribution >= 0.6 is 23.2 Å². The molecule has 0 saturated carbocycles. The maximum atomic E-state index is 10.2. The number of carbonyl (C=O) groups excluding carboxylic acids is 1. The lowest BCUT2D eigenvalue weighted by Gasteiger charge is -1.93. The Kier molecular flexibility index (Phi) is 5.48. The quantitative estimate of drug-likeness (QED) is 0.302. The van der Waals surface area contributed by atoms with Gasteiger partial charge in [-0.2, -0.15) is 0 Å². The van der Waals surface area contributed by atoms with E-state index in [1.165, 1.54) is 6.33 Å². The maximum Gasteiger partial charge on any atom is 0.156 e. The molecule has 0 radical (unpaired) electrons. The molecule has 0 atom stereocenters. The van der Waals surface area contributed by atoms with E-state index < -0.39 is 0 Å². The van der Waals surface area contributed by atoms with E-state index in [0.717, 1.165) is 0 Å². The lowest BCUT2D eigenvalue weighted by atomic mass is 10.4. The third-order valence-electron chi connectivity index (χ3n) is 0.905. The van der Waals surface area contributed by atoms with Gasteiger partial charge in [-0.25, -0.2) is 9.97 Å². The van der Waals surface area contributed by atoms with E-state index in [1.54, 1.807) is 0 Å². The van der Waals surface area contributed by atoms with Gasteiger partial charge in [0, 0.05) is 0 Å². The lowest BCUT2D eigenvalue weighted by Crippen LogP contribution is -2.02. The van der Waals surface area contributed by atoms with E-state index >= 15 is 0 Å². The standard InChI is InChI=1S/C5H2Cl2N2O.H4N2/c6-4-3(1-10)5(7)9-2-8-4;1-2/h1-2H;1-2H2. The van der Waals surface area contributed by atoms with Crippen molar-refractivity contribution in [2.24, 2.45) is 11.7 Å². The summed E-state index contributed by atoms with van der Waals surface area (Å²) in [4.78, 5) is 17.3. The molecule has 7 heteroatoms. The Morgan fingerprint density at radius 3 is 1.92 bits per heavy atom. The van der Waals surface area contributed by atoms with Gasteiger partial charge >= 0.3 is 0 Å². The molecule has 1 aromatic rings. The van der Waals surface area contributed by atoms with E-state index in [1.807, 2.05) is 0 Å². The molecule has 12 heavy (non-hydrogen) atoms. The summed E-state index contributed by atoms with van der Waals surface area (Å²) in [7, 11) is 0. The highest BCUT2D eigenvalue weighted by atomic mass is 35.5. The van der Waals surface area contributed by atoms with Crippen LogP contribution in [0.25, 0.3) is 0 Å². The first kappa shape index (κ1) is 11.2. The Morgan fingerprint density at radius 1 is 1.25 bits per heavy atom. The van der Waals surface area contributed by atoms with Gasteiger partial charge in [0.05, 0.1) is 5.56 Å². The minimum atomic E-state index is 0.0787. The van der Waals surface area contributed by atoms with Gasteiger partial charge < -0.3 is 0 Å². The molecule has 66 valence electrons. The zero-order valence-electron chi connectivity index (χ0n) is 5.87. The first-order chi connectivity index (χ1) is 5.75. The molecule has 0 aromatic carbocycles. The topological polar surface area (TPSA) is 94.9 Å². The van der Waals surface area contributed by atoms with Crippen molar-refractivity contribution in [1.29, 1.82) is 0 Å². The van der Waals surface area contributed by atoms with Crippen LogP contribution in [0.4, 0.5) is 0 Å². The van der Waals surface area contributed by atoms with Crippen LogP contribution in [-0.4, -0.2) is 16.3 Å². The summed E-state index contributed by atoms with van der Waals surface area (Å²) in [6.45, 7) is 0. The Balaban J connectivity index is 0.000000561. The highest BCUT2D eigenvalue weighted by Gasteiger charge is 2.04. The predicted octanol–water partition coefficient (Wildman–Crippen LogP) is 0.415. The van der Waals surface area contributed by atoms with Crippen LogP contribution < -0.4 is 11.7 Å². The molecule has 0 bridgehead atoms. The van der Waals surface area contributed by atoms with Crippen LogP contribution in [-0.2, 0) is 0 Å². The number of nitrogens with zero attached hydrogens (tertiary/aromatic N) is 2. The van der Waals surface area contributed by atoms with Crippen molar-refractivity contribution in [3.8, 4) is 0 Å². The zero-order chi connectivity index (χ0) is 9.56. The number of rotatable bonds is 1. The molecule has 0 unspecified atom stereocenters. The largest absolute Gasteiger partial charge is 0.298 e. The van der Waals surface area contributed by atoms with Crippen molar-refractivity contribution in [1.82, 2.24) is 9.97 Å². The fourth-order valence-corrected chi connectivity index (χ4v) is 0.855. The third kappa shape index (κ3) is 2.71. The molecule has 1 rings (SSSR count). The fraction of sp³-hybridized carbons (Fsp3) is 0. The maximum absolute atomic E-state index is 10.2. The smallest absolute Gasteiger partial charge is 0.156 e. The lowest BCUT2D eigenvalue weighted by molar-refractivity contribution is 0.112. The number of nitrogens with two attached hydrogens (primary N) is 2. The van der Waals surface area contributed by atoms with Gasteiger partial charge in [-0.15, -0.1) is 0 Å². The fourth-order valence-electron chi connectivity index (χ4n) is 0.452. The number of hydrogen-bond donors (Lipinski definition) is 2. The van der Waals surface area contributed by atoms with E-state index in [0.29, 0.717) is 6.29 Å². The summed E-state index contributed by atoms with van der Waals surface area (Å²) < 4.78 is 0. The summed E-state index contributed by atoms with van der Waals surface area (Å²) >= 11 is 10.9. The van der Waals surface area contributed by atoms with Crippen molar-refractivity contribution in [2.75, 3.05) is 0 Å². The molecule has 0 saturated heterocycles. The van der Waals surface area contributed by atoms with E-state index in [-0.39, 0.29) is 15.9 Å². The van der Waals surface area contributed by atoms with E-state index in [9.17, 15) is 4.79 Å². The minimum absolute atomic E-state index is 0.0787. The second-order valence-corrected chi connectivity index (χ2v) is 2.20. The summed E-state index contributed by atoms with van der Waals surface area (Å²) in [6, 6.07) is 0. The number of hydrazine groups is 1. The number of carbonyl (C=O) groups is 1. The summed E-state index contributed by atoms with van der Waals surface area (Å²) in [5.74, 6) is 8.00. The average molecular weight is 209 g/mol. The molecule has 1 aromatic heterocycles. The molecule has 0 fully saturated rings. The summed E-state index contributed by atoms with van der Waals surface area (Å²) in [6.07, 6.45) is 1.71. The van der Waals surface area contributed by atoms with Gasteiger partial charge in [-0.05, 0) is 0 Å². The average Bonchev–Trinajstić information content (AvgIpc) is 2.08. The molecule has 1 heterocycles. The molecular weight excluding hydrogens is 203 g/mol. The van der Waals surface area contributed by atoms with Gasteiger partial charge in [0.1, 0.15) is 16.6 Å².